The average Bonchev–Trinajstić information content (AvgIpc) is 3.16. The van der Waals surface area contributed by atoms with Gasteiger partial charge in [-0.05, 0) is 31.5 Å². The summed E-state index contributed by atoms with van der Waals surface area (Å²) in [5.41, 5.74) is 2.72. The first-order valence-electron chi connectivity index (χ1n) is 10.2. The van der Waals surface area contributed by atoms with E-state index in [2.05, 4.69) is 25.6 Å². The Balaban J connectivity index is 0.00000341. The number of ether oxygens (including phenoxy) is 1. The maximum atomic E-state index is 12.3. The second-order valence-corrected chi connectivity index (χ2v) is 7.68. The van der Waals surface area contributed by atoms with Crippen LogP contribution in [-0.4, -0.2) is 59.3 Å². The normalized spacial score (nSPS) is 16.6. The number of hydrogen-bond acceptors (Lipinski definition) is 4. The largest absolute Gasteiger partial charge is 0.370 e. The van der Waals surface area contributed by atoms with Crippen molar-refractivity contribution in [1.29, 1.82) is 0 Å². The van der Waals surface area contributed by atoms with Crippen LogP contribution in [0.15, 0.2) is 35.6 Å². The fraction of sp³-hybridized carbons (Fsp3) is 0.476. The number of guanidine groups is 1. The molecule has 1 fully saturated rings. The maximum Gasteiger partial charge on any atom is 0.226 e. The number of aromatic nitrogens is 2. The molecule has 1 atom stereocenters. The molecular formula is C21H30ClIN6O2. The second-order valence-electron chi connectivity index (χ2n) is 7.27. The molecule has 2 N–H and O–H groups in total. The van der Waals surface area contributed by atoms with E-state index in [9.17, 15) is 4.79 Å². The summed E-state index contributed by atoms with van der Waals surface area (Å²) < 4.78 is 7.68. The van der Waals surface area contributed by atoms with E-state index in [-0.39, 0.29) is 42.4 Å². The molecule has 0 bridgehead atoms. The topological polar surface area (TPSA) is 83.8 Å². The number of hydrogen-bond donors (Lipinski definition) is 2. The molecule has 1 amide bonds. The number of rotatable bonds is 6. The van der Waals surface area contributed by atoms with Crippen LogP contribution in [0.3, 0.4) is 0 Å². The number of nitrogens with one attached hydrogen (secondary N) is 2. The van der Waals surface area contributed by atoms with Crippen LogP contribution in [0.1, 0.15) is 30.6 Å². The van der Waals surface area contributed by atoms with Crippen LogP contribution in [0, 0.1) is 6.92 Å². The van der Waals surface area contributed by atoms with Crippen molar-refractivity contribution in [3.63, 3.8) is 0 Å². The third-order valence-electron chi connectivity index (χ3n) is 4.80. The predicted molar refractivity (Wildman–Crippen MR) is 134 cm³/mol. The zero-order chi connectivity index (χ0) is 21.5. The third-order valence-corrected chi connectivity index (χ3v) is 5.11. The van der Waals surface area contributed by atoms with E-state index >= 15 is 0 Å². The van der Waals surface area contributed by atoms with E-state index in [1.54, 1.807) is 4.68 Å². The Kier molecular flexibility index (Phi) is 10.0. The van der Waals surface area contributed by atoms with Gasteiger partial charge in [0.25, 0.3) is 0 Å². The van der Waals surface area contributed by atoms with Crippen molar-refractivity contribution in [3.05, 3.63) is 46.7 Å². The van der Waals surface area contributed by atoms with Crippen molar-refractivity contribution in [2.24, 2.45) is 12.0 Å². The minimum absolute atomic E-state index is 0. The highest BCUT2D eigenvalue weighted by atomic mass is 127. The van der Waals surface area contributed by atoms with Gasteiger partial charge in [-0.2, -0.15) is 5.10 Å². The first-order valence-corrected chi connectivity index (χ1v) is 10.5. The lowest BCUT2D eigenvalue weighted by Crippen LogP contribution is -2.48. The average molecular weight is 561 g/mol. The van der Waals surface area contributed by atoms with Gasteiger partial charge in [-0.1, -0.05) is 17.7 Å². The standard InChI is InChI=1S/C21H29ClN6O2.HI/c1-4-23-21(28-9-10-30-19(14-28)16-12-25-27(3)13-16)24-8-7-20(29)26-18-6-5-15(2)11-17(18)22;/h5-6,11-13,19H,4,7-10,14H2,1-3H3,(H,23,24)(H,26,29);1H. The number of aryl methyl sites for hydroxylation is 2. The summed E-state index contributed by atoms with van der Waals surface area (Å²) in [4.78, 5) is 19.1. The molecule has 170 valence electrons. The van der Waals surface area contributed by atoms with Gasteiger partial charge in [0.05, 0.1) is 36.6 Å². The van der Waals surface area contributed by atoms with Gasteiger partial charge in [0.15, 0.2) is 5.96 Å². The summed E-state index contributed by atoms with van der Waals surface area (Å²) in [6, 6.07) is 5.56. The highest BCUT2D eigenvalue weighted by Gasteiger charge is 2.25. The molecule has 1 aliphatic heterocycles. The summed E-state index contributed by atoms with van der Waals surface area (Å²) in [6.07, 6.45) is 4.02. The van der Waals surface area contributed by atoms with E-state index in [1.165, 1.54) is 0 Å². The van der Waals surface area contributed by atoms with Crippen LogP contribution in [-0.2, 0) is 16.6 Å². The third kappa shape index (κ3) is 7.36. The minimum atomic E-state index is -0.115. The molecule has 1 aromatic heterocycles. The van der Waals surface area contributed by atoms with Crippen molar-refractivity contribution in [2.75, 3.05) is 38.1 Å². The number of nitrogens with zero attached hydrogens (tertiary/aromatic N) is 4. The molecule has 0 radical (unpaired) electrons. The molecule has 2 aromatic rings. The van der Waals surface area contributed by atoms with Gasteiger partial charge in [-0.15, -0.1) is 24.0 Å². The zero-order valence-electron chi connectivity index (χ0n) is 18.1. The molecule has 2 heterocycles. The van der Waals surface area contributed by atoms with Crippen LogP contribution in [0.4, 0.5) is 5.69 Å². The quantitative estimate of drug-likeness (QED) is 0.322. The van der Waals surface area contributed by atoms with E-state index < -0.39 is 0 Å². The van der Waals surface area contributed by atoms with Gasteiger partial charge < -0.3 is 20.3 Å². The van der Waals surface area contributed by atoms with Gasteiger partial charge in [0.1, 0.15) is 6.10 Å². The molecule has 8 nitrogen and oxygen atoms in total. The first kappa shape index (κ1) is 25.4. The summed E-state index contributed by atoms with van der Waals surface area (Å²) in [5.74, 6) is 0.673. The van der Waals surface area contributed by atoms with E-state index in [0.29, 0.717) is 30.4 Å². The highest BCUT2D eigenvalue weighted by molar-refractivity contribution is 14.0. The van der Waals surface area contributed by atoms with Gasteiger partial charge >= 0.3 is 0 Å². The minimum Gasteiger partial charge on any atom is -0.370 e. The number of carbonyl (C=O) groups is 1. The lowest BCUT2D eigenvalue weighted by molar-refractivity contribution is -0.116. The number of benzene rings is 1. The van der Waals surface area contributed by atoms with Crippen LogP contribution in [0.25, 0.3) is 0 Å². The molecule has 31 heavy (non-hydrogen) atoms. The Morgan fingerprint density at radius 3 is 2.90 bits per heavy atom. The van der Waals surface area contributed by atoms with Crippen LogP contribution >= 0.6 is 35.6 Å². The van der Waals surface area contributed by atoms with Gasteiger partial charge in [0.2, 0.25) is 5.91 Å². The molecule has 0 aliphatic carbocycles. The van der Waals surface area contributed by atoms with Gasteiger partial charge in [0, 0.05) is 38.3 Å². The van der Waals surface area contributed by atoms with Gasteiger partial charge in [-0.25, -0.2) is 0 Å². The Labute approximate surface area is 205 Å². The maximum absolute atomic E-state index is 12.3. The van der Waals surface area contributed by atoms with E-state index in [1.807, 2.05) is 51.5 Å². The monoisotopic (exact) mass is 560 g/mol. The number of halogens is 2. The van der Waals surface area contributed by atoms with Crippen molar-refractivity contribution < 1.29 is 9.53 Å². The predicted octanol–water partition coefficient (Wildman–Crippen LogP) is 3.37. The van der Waals surface area contributed by atoms with E-state index in [0.717, 1.165) is 30.2 Å². The highest BCUT2D eigenvalue weighted by Crippen LogP contribution is 2.23. The Morgan fingerprint density at radius 1 is 1.42 bits per heavy atom. The summed E-state index contributed by atoms with van der Waals surface area (Å²) in [6.45, 7) is 7.15. The molecule has 1 aliphatic rings. The van der Waals surface area contributed by atoms with Crippen LogP contribution in [0.2, 0.25) is 5.02 Å². The summed E-state index contributed by atoms with van der Waals surface area (Å²) >= 11 is 6.19. The number of aliphatic imine (C=N–C) groups is 1. The van der Waals surface area contributed by atoms with Crippen molar-refractivity contribution >= 4 is 53.1 Å². The molecule has 10 heteroatoms. The number of carbonyl (C=O) groups excluding carboxylic acids is 1. The lowest BCUT2D eigenvalue weighted by atomic mass is 10.1. The number of morpholine rings is 1. The van der Waals surface area contributed by atoms with Crippen molar-refractivity contribution in [2.45, 2.75) is 26.4 Å². The molecule has 1 unspecified atom stereocenters. The lowest BCUT2D eigenvalue weighted by Gasteiger charge is -2.34. The van der Waals surface area contributed by atoms with Crippen LogP contribution < -0.4 is 10.6 Å². The molecule has 0 spiro atoms. The Hall–Kier alpha value is -1.85. The Bertz CT molecular complexity index is 904. The molecule has 0 saturated carbocycles. The summed E-state index contributed by atoms with van der Waals surface area (Å²) in [5, 5.41) is 10.9. The fourth-order valence-corrected chi connectivity index (χ4v) is 3.56. The second kappa shape index (κ2) is 12.3. The number of amides is 1. The first-order chi connectivity index (χ1) is 14.5. The smallest absolute Gasteiger partial charge is 0.226 e. The van der Waals surface area contributed by atoms with Crippen LogP contribution in [0.5, 0.6) is 0 Å². The number of anilines is 1. The molecule has 1 saturated heterocycles. The SMILES string of the molecule is CCNC(=NCCC(=O)Nc1ccc(C)cc1Cl)N1CCOC(c2cnn(C)c2)C1.I. The molecule has 3 rings (SSSR count). The fourth-order valence-electron chi connectivity index (χ4n) is 3.27. The molecular weight excluding hydrogens is 531 g/mol. The van der Waals surface area contributed by atoms with Gasteiger partial charge in [-0.3, -0.25) is 14.5 Å². The summed E-state index contributed by atoms with van der Waals surface area (Å²) in [7, 11) is 1.89. The van der Waals surface area contributed by atoms with Crippen molar-refractivity contribution in [3.8, 4) is 0 Å². The zero-order valence-corrected chi connectivity index (χ0v) is 21.2. The molecule has 1 aromatic carbocycles. The van der Waals surface area contributed by atoms with Crippen molar-refractivity contribution in [1.82, 2.24) is 20.0 Å². The van der Waals surface area contributed by atoms with E-state index in [4.69, 9.17) is 16.3 Å². The Morgan fingerprint density at radius 2 is 2.23 bits per heavy atom.